The lowest BCUT2D eigenvalue weighted by atomic mass is 9.97. The van der Waals surface area contributed by atoms with E-state index in [0.717, 1.165) is 85.9 Å². The van der Waals surface area contributed by atoms with Crippen LogP contribution in [0.15, 0.2) is 18.2 Å². The molecule has 1 heterocycles. The molecule has 0 aliphatic carbocycles. The van der Waals surface area contributed by atoms with Crippen molar-refractivity contribution in [2.24, 2.45) is 11.8 Å². The van der Waals surface area contributed by atoms with Crippen LogP contribution in [0.25, 0.3) is 0 Å². The number of nitrogens with zero attached hydrogens (tertiary/aromatic N) is 2. The summed E-state index contributed by atoms with van der Waals surface area (Å²) in [6.45, 7) is 13.2. The van der Waals surface area contributed by atoms with Gasteiger partial charge in [-0.05, 0) is 62.9 Å². The molecule has 362 valence electrons. The van der Waals surface area contributed by atoms with Crippen LogP contribution in [0.1, 0.15) is 138 Å². The van der Waals surface area contributed by atoms with Crippen LogP contribution in [0.5, 0.6) is 0 Å². The van der Waals surface area contributed by atoms with E-state index < -0.39 is 35.7 Å². The molecule has 2 unspecified atom stereocenters. The largest absolute Gasteiger partial charge is 0.481 e. The van der Waals surface area contributed by atoms with E-state index in [4.69, 9.17) is 40.4 Å². The maximum absolute atomic E-state index is 12.3. The second kappa shape index (κ2) is 35.9. The number of ether oxygens (including phenoxy) is 5. The molecule has 15 nitrogen and oxygen atoms in total. The van der Waals surface area contributed by atoms with Crippen LogP contribution >= 0.6 is 11.3 Å². The summed E-state index contributed by atoms with van der Waals surface area (Å²) in [6, 6.07) is 7.86. The molecule has 0 aliphatic rings. The highest BCUT2D eigenvalue weighted by molar-refractivity contribution is 7.16. The maximum Gasteiger partial charge on any atom is 0.307 e. The SMILES string of the molecule is CCCCCCCCC(CC(=O)OCCOCCOCCN(CCOCCOC(=O)CC(CCCCCCCC)C(=O)O)c1ccc(N)c(C)c1)C(=O)O.Cc1sc(N)c(C#N)c1C. The Kier molecular flexibility index (Phi) is 32.3. The van der Waals surface area contributed by atoms with Crippen LogP contribution in [0, 0.1) is 43.9 Å². The van der Waals surface area contributed by atoms with Gasteiger partial charge in [0.2, 0.25) is 0 Å². The van der Waals surface area contributed by atoms with Crippen LogP contribution in [0.4, 0.5) is 16.4 Å². The molecule has 1 aromatic carbocycles. The van der Waals surface area contributed by atoms with E-state index >= 15 is 0 Å². The molecule has 0 bridgehead atoms. The minimum absolute atomic E-state index is 0.0492. The predicted molar refractivity (Wildman–Crippen MR) is 253 cm³/mol. The number of hydrogen-bond donors (Lipinski definition) is 4. The molecule has 2 rings (SSSR count). The number of carboxylic acids is 2. The van der Waals surface area contributed by atoms with Gasteiger partial charge >= 0.3 is 23.9 Å². The minimum Gasteiger partial charge on any atom is -0.481 e. The Labute approximate surface area is 386 Å². The third-order valence-electron chi connectivity index (χ3n) is 10.8. The molecule has 1 aromatic heterocycles. The van der Waals surface area contributed by atoms with Crippen LogP contribution in [-0.4, -0.2) is 100 Å². The Morgan fingerprint density at radius 2 is 1.11 bits per heavy atom. The number of carbonyl (C=O) groups excluding carboxylic acids is 2. The molecule has 6 N–H and O–H groups in total. The zero-order valence-corrected chi connectivity index (χ0v) is 40.1. The van der Waals surface area contributed by atoms with Gasteiger partial charge in [-0.3, -0.25) is 19.2 Å². The number of nitriles is 1. The molecule has 2 aromatic rings. The average molecular weight is 919 g/mol. The lowest BCUT2D eigenvalue weighted by molar-refractivity contribution is -0.152. The normalized spacial score (nSPS) is 11.8. The standard InChI is InChI=1S/C41H70N2O11.C7H8N2S/c1-4-6-8-10-12-14-16-34(40(46)47)31-38(44)53-28-26-51-23-21-43(36-18-19-37(42)33(3)30-36)20-22-50-24-25-52-27-29-54-39(45)32-35(41(48)49)17-15-13-11-9-7-5-2;1-4-5(2)10-7(9)6(4)3-8/h18-19,30,34-35H,4-17,20-29,31-32,42H2,1-3H3,(H,46,47)(H,48,49);9H2,1-2H3. The fraction of sp³-hybridized carbons (Fsp3) is 0.688. The van der Waals surface area contributed by atoms with Crippen molar-refractivity contribution in [2.75, 3.05) is 82.3 Å². The molecular weight excluding hydrogens is 841 g/mol. The van der Waals surface area contributed by atoms with E-state index in [2.05, 4.69) is 24.8 Å². The number of aliphatic carboxylic acids is 2. The molecule has 16 heteroatoms. The second-order valence-corrected chi connectivity index (χ2v) is 17.3. The van der Waals surface area contributed by atoms with Gasteiger partial charge in [-0.25, -0.2) is 0 Å². The molecule has 0 spiro atoms. The number of rotatable bonds is 36. The van der Waals surface area contributed by atoms with Crippen molar-refractivity contribution >= 4 is 51.6 Å². The third kappa shape index (κ3) is 26.4. The van der Waals surface area contributed by atoms with Crippen molar-refractivity contribution in [1.29, 1.82) is 5.26 Å². The first-order chi connectivity index (χ1) is 30.7. The van der Waals surface area contributed by atoms with E-state index in [-0.39, 0.29) is 39.3 Å². The van der Waals surface area contributed by atoms with Crippen molar-refractivity contribution in [1.82, 2.24) is 0 Å². The Morgan fingerprint density at radius 1 is 0.672 bits per heavy atom. The van der Waals surface area contributed by atoms with Crippen molar-refractivity contribution in [2.45, 2.75) is 137 Å². The third-order valence-corrected chi connectivity index (χ3v) is 11.9. The molecule has 0 fully saturated rings. The molecule has 2 atom stereocenters. The van der Waals surface area contributed by atoms with Gasteiger partial charge in [0, 0.05) is 29.3 Å². The molecule has 0 amide bonds. The number of carbonyl (C=O) groups is 4. The zero-order chi connectivity index (χ0) is 47.5. The summed E-state index contributed by atoms with van der Waals surface area (Å²) in [6.07, 6.45) is 13.4. The summed E-state index contributed by atoms with van der Waals surface area (Å²) in [5.41, 5.74) is 15.8. The quantitative estimate of drug-likeness (QED) is 0.0284. The van der Waals surface area contributed by atoms with Crippen LogP contribution in [0.3, 0.4) is 0 Å². The molecular formula is C48H78N4O11S. The van der Waals surface area contributed by atoms with Gasteiger partial charge < -0.3 is 50.3 Å². The Bertz CT molecular complexity index is 1660. The molecule has 64 heavy (non-hydrogen) atoms. The van der Waals surface area contributed by atoms with Crippen molar-refractivity contribution in [3.8, 4) is 6.07 Å². The van der Waals surface area contributed by atoms with E-state index in [1.54, 1.807) is 0 Å². The summed E-state index contributed by atoms with van der Waals surface area (Å²) in [7, 11) is 0. The number of esters is 2. The fourth-order valence-electron chi connectivity index (χ4n) is 6.71. The number of carboxylic acid groups (broad SMARTS) is 2. The number of benzene rings is 1. The van der Waals surface area contributed by atoms with Gasteiger partial charge in [0.15, 0.2) is 0 Å². The number of unbranched alkanes of at least 4 members (excludes halogenated alkanes) is 10. The van der Waals surface area contributed by atoms with Gasteiger partial charge in [-0.15, -0.1) is 11.3 Å². The first-order valence-electron chi connectivity index (χ1n) is 23.1. The monoisotopic (exact) mass is 919 g/mol. The lowest BCUT2D eigenvalue weighted by Crippen LogP contribution is -2.31. The predicted octanol–water partition coefficient (Wildman–Crippen LogP) is 9.02. The van der Waals surface area contributed by atoms with Gasteiger partial charge in [0.05, 0.1) is 69.9 Å². The Balaban J connectivity index is 0.00000179. The van der Waals surface area contributed by atoms with E-state index in [1.807, 2.05) is 39.0 Å². The van der Waals surface area contributed by atoms with E-state index in [9.17, 15) is 29.4 Å². The number of aryl methyl sites for hydroxylation is 2. The summed E-state index contributed by atoms with van der Waals surface area (Å²) < 4.78 is 27.5. The number of hydrogen-bond acceptors (Lipinski definition) is 14. The Morgan fingerprint density at radius 3 is 1.50 bits per heavy atom. The lowest BCUT2D eigenvalue weighted by Gasteiger charge is -2.25. The summed E-state index contributed by atoms with van der Waals surface area (Å²) in [5.74, 6) is -4.44. The summed E-state index contributed by atoms with van der Waals surface area (Å²) in [5, 5.41) is 28.2. The van der Waals surface area contributed by atoms with Crippen LogP contribution in [-0.2, 0) is 42.9 Å². The van der Waals surface area contributed by atoms with E-state index in [0.29, 0.717) is 68.6 Å². The van der Waals surface area contributed by atoms with Crippen LogP contribution < -0.4 is 16.4 Å². The smallest absolute Gasteiger partial charge is 0.307 e. The van der Waals surface area contributed by atoms with Gasteiger partial charge in [0.25, 0.3) is 0 Å². The zero-order valence-electron chi connectivity index (χ0n) is 39.3. The van der Waals surface area contributed by atoms with Gasteiger partial charge in [0.1, 0.15) is 24.3 Å². The summed E-state index contributed by atoms with van der Waals surface area (Å²) >= 11 is 1.48. The highest BCUT2D eigenvalue weighted by atomic mass is 32.1. The maximum atomic E-state index is 12.3. The topological polar surface area (TPSA) is 234 Å². The molecule has 0 saturated heterocycles. The highest BCUT2D eigenvalue weighted by Crippen LogP contribution is 2.28. The number of thiophene rings is 1. The van der Waals surface area contributed by atoms with Crippen molar-refractivity contribution < 1.29 is 53.1 Å². The molecule has 0 saturated carbocycles. The first-order valence-corrected chi connectivity index (χ1v) is 23.9. The van der Waals surface area contributed by atoms with E-state index in [1.165, 1.54) is 24.2 Å². The van der Waals surface area contributed by atoms with Crippen molar-refractivity contribution in [3.63, 3.8) is 0 Å². The number of anilines is 3. The van der Waals surface area contributed by atoms with Crippen LogP contribution in [0.2, 0.25) is 0 Å². The number of nitrogen functional groups attached to an aromatic ring is 2. The fourth-order valence-corrected chi connectivity index (χ4v) is 7.60. The van der Waals surface area contributed by atoms with Gasteiger partial charge in [-0.1, -0.05) is 90.9 Å². The summed E-state index contributed by atoms with van der Waals surface area (Å²) in [4.78, 5) is 50.9. The molecule has 0 radical (unpaired) electrons. The molecule has 0 aliphatic heterocycles. The number of nitrogens with two attached hydrogens (primary N) is 2. The van der Waals surface area contributed by atoms with Gasteiger partial charge in [-0.2, -0.15) is 5.26 Å². The first kappa shape index (κ1) is 57.6. The minimum atomic E-state index is -0.966. The average Bonchev–Trinajstić information content (AvgIpc) is 3.51. The Hall–Kier alpha value is -4.43. The second-order valence-electron chi connectivity index (χ2n) is 16.0. The highest BCUT2D eigenvalue weighted by Gasteiger charge is 2.23. The van der Waals surface area contributed by atoms with Crippen molar-refractivity contribution in [3.05, 3.63) is 39.8 Å².